The van der Waals surface area contributed by atoms with Gasteiger partial charge >= 0.3 is 12.2 Å². The van der Waals surface area contributed by atoms with Crippen molar-refractivity contribution in [2.45, 2.75) is 205 Å². The van der Waals surface area contributed by atoms with Crippen LogP contribution in [0.1, 0.15) is 148 Å². The second kappa shape index (κ2) is 53.8. The zero-order valence-corrected chi connectivity index (χ0v) is 94.5. The average Bonchev–Trinajstić information content (AvgIpc) is 1.60. The van der Waals surface area contributed by atoms with Gasteiger partial charge in [-0.05, 0) is 209 Å². The summed E-state index contributed by atoms with van der Waals surface area (Å²) in [6.45, 7) is 46.7. The zero-order valence-electron chi connectivity index (χ0n) is 82.1. The monoisotopic (exact) mass is 2290 g/mol. The summed E-state index contributed by atoms with van der Waals surface area (Å²) in [4.78, 5) is 74.0. The maximum atomic E-state index is 12.5. The molecule has 137 heavy (non-hydrogen) atoms. The minimum Gasteiger partial charge on any atom is -0.443 e. The number of rotatable bonds is 6. The summed E-state index contributed by atoms with van der Waals surface area (Å²) in [7, 11) is 2.60. The number of hydrogen-bond donors (Lipinski definition) is 9. The molecule has 0 bridgehead atoms. The minimum atomic E-state index is -1.38. The molecule has 0 unspecified atom stereocenters. The molecule has 0 spiro atoms. The van der Waals surface area contributed by atoms with Gasteiger partial charge in [-0.25, -0.2) is 55.4 Å². The molecule has 14 aromatic rings. The Labute approximate surface area is 866 Å². The Bertz CT molecular complexity index is 6770. The number of pyridine rings is 8. The summed E-state index contributed by atoms with van der Waals surface area (Å²) in [5.74, 6) is 6.54. The zero-order chi connectivity index (χ0) is 103. The van der Waals surface area contributed by atoms with Gasteiger partial charge < -0.3 is 63.5 Å². The van der Waals surface area contributed by atoms with E-state index in [1.165, 1.54) is 14.7 Å². The SMILES string of the molecule is C#C[Si](C)(C)C.CO.Cc1nc(Br)c(N)cc1Cl.Cc1nc(C#C[Si](C)(C)C)c(N)cc1Cl.Cc1nc2c(C(C)(C)C#N)c[nH]c2cc1Cl.Cc1nc2c(C(C)(C)C#N)cn(C(=O)OC(C)(C)C)c2cc1Cl.Cc1nc2c(CC#N)c[nH]c2cc1Cl.Cc1nc2c(CC#N)cn(C(=O)OC(C)(C)C)c2cc1Cl.Cc1nc2c(CN(C)C)c[nH]c2cc1Cl.Cc1nc2cc[nH]c2cc1Cl.NO.[CH3-].[Re]. The van der Waals surface area contributed by atoms with Crippen LogP contribution in [-0.4, -0.2) is 145 Å². The first-order valence-electron chi connectivity index (χ1n) is 41.4. The fourth-order valence-electron chi connectivity index (χ4n) is 11.4. The van der Waals surface area contributed by atoms with Crippen molar-refractivity contribution in [3.8, 4) is 47.7 Å². The van der Waals surface area contributed by atoms with Crippen LogP contribution in [0.2, 0.25) is 79.5 Å². The van der Waals surface area contributed by atoms with E-state index < -0.39 is 50.4 Å². The number of aryl methyl sites for hydroxylation is 8. The number of anilines is 2. The number of nitrogen functional groups attached to an aromatic ring is 2. The second-order valence-corrected chi connectivity index (χ2v) is 49.1. The van der Waals surface area contributed by atoms with Crippen LogP contribution in [0.4, 0.5) is 21.0 Å². The van der Waals surface area contributed by atoms with Gasteiger partial charge in [0.1, 0.15) is 37.6 Å². The van der Waals surface area contributed by atoms with E-state index in [1.54, 1.807) is 112 Å². The molecule has 0 amide bonds. The van der Waals surface area contributed by atoms with Gasteiger partial charge in [0.25, 0.3) is 0 Å². The van der Waals surface area contributed by atoms with Crippen LogP contribution in [-0.2, 0) is 60.1 Å². The van der Waals surface area contributed by atoms with Crippen molar-refractivity contribution in [2.75, 3.05) is 32.7 Å². The topological polar surface area (TPSA) is 446 Å². The molecule has 0 saturated heterocycles. The number of nitrogens with one attached hydrogen (secondary N) is 4. The van der Waals surface area contributed by atoms with Crippen molar-refractivity contribution < 1.29 is 49.8 Å². The third-order valence-electron chi connectivity index (χ3n) is 18.5. The molecule has 14 heterocycles. The molecule has 0 aromatic carbocycles. The molecule has 40 heteroatoms. The summed E-state index contributed by atoms with van der Waals surface area (Å²) in [5, 5.41) is 54.4. The maximum Gasteiger partial charge on any atom is 0.419 e. The second-order valence-electron chi connectivity index (χ2n) is 35.6. The van der Waals surface area contributed by atoms with Crippen molar-refractivity contribution in [1.82, 2.24) is 73.8 Å². The molecule has 731 valence electrons. The van der Waals surface area contributed by atoms with Gasteiger partial charge in [0.15, 0.2) is 0 Å². The first-order valence-corrected chi connectivity index (χ1v) is 52.3. The van der Waals surface area contributed by atoms with Crippen molar-refractivity contribution in [1.29, 1.82) is 21.0 Å². The van der Waals surface area contributed by atoms with Crippen LogP contribution >= 0.6 is 109 Å². The number of aromatic amines is 4. The number of terminal acetylenes is 1. The number of ether oxygens (including phenoxy) is 2. The molecule has 0 aliphatic rings. The van der Waals surface area contributed by atoms with Gasteiger partial charge in [0.2, 0.25) is 0 Å². The predicted octanol–water partition coefficient (Wildman–Crippen LogP) is 25.6. The van der Waals surface area contributed by atoms with Gasteiger partial charge in [-0.2, -0.15) is 21.0 Å². The largest absolute Gasteiger partial charge is 0.443 e. The third kappa shape index (κ3) is 36.5. The molecule has 0 saturated carbocycles. The number of nitrogens with zero attached hydrogens (tertiary/aromatic N) is 15. The Morgan fingerprint density at radius 3 is 1.26 bits per heavy atom. The molecule has 0 aliphatic heterocycles. The average molecular weight is 2290 g/mol. The number of aliphatic hydroxyl groups excluding tert-OH is 1. The first-order chi connectivity index (χ1) is 62.7. The van der Waals surface area contributed by atoms with Crippen LogP contribution in [0.15, 0.2) is 96.4 Å². The van der Waals surface area contributed by atoms with E-state index in [4.69, 9.17) is 146 Å². The van der Waals surface area contributed by atoms with Gasteiger partial charge in [-0.3, -0.25) is 9.13 Å². The van der Waals surface area contributed by atoms with Crippen LogP contribution in [0.25, 0.3) is 66.2 Å². The van der Waals surface area contributed by atoms with E-state index in [0.717, 1.165) is 103 Å². The summed E-state index contributed by atoms with van der Waals surface area (Å²) < 4.78 is 14.2. The van der Waals surface area contributed by atoms with E-state index in [2.05, 4.69) is 167 Å². The van der Waals surface area contributed by atoms with Gasteiger partial charge in [-0.1, -0.05) is 138 Å². The molecule has 0 atom stereocenters. The van der Waals surface area contributed by atoms with Crippen LogP contribution in [0, 0.1) is 132 Å². The Morgan fingerprint density at radius 2 is 0.832 bits per heavy atom. The number of H-pyrrole nitrogens is 4. The Kier molecular flexibility index (Phi) is 48.3. The summed E-state index contributed by atoms with van der Waals surface area (Å²) in [6, 6.07) is 24.9. The number of halogens is 9. The molecular weight excluding hydrogens is 2180 g/mol. The van der Waals surface area contributed by atoms with Crippen molar-refractivity contribution in [3.05, 3.63) is 223 Å². The van der Waals surface area contributed by atoms with E-state index in [1.807, 2.05) is 118 Å². The standard InChI is InChI=1S/C17H20ClN3O2.C15H16ClN3O2.C12H12ClN3.C11H14ClN3.C11H15ClN2Si.C10H8ClN3.C8H7ClN2.C6H6BrClN2.C5H10Si.CH4O.CH3.H3NO.Re/c1-10-12(18)7-13-14(20-10)11(17(5,6)9-19)8-21(13)15(22)23-16(2,3)4;1-9-11(16)7-12-13(18-9)10(5-6-17)8-19(12)14(20)21-15(2,3)4;1-7-9(13)4-10-11(16-7)8(5-15-10)12(2,3)6-14;1-7-9(12)4-10-11(14-7)8(5-13-10)6-15(2)3;1-8-9(12)7-10(13)11(14-8)5-6-15(2,3)4;1-6-8(11)4-9-10(14-6)7(2-3-12)5-13-9;1-5-6(9)4-8-7(11-5)2-3-10-8;1-3-4(8)2-5(9)6(7)10-3;1-5-6(2,3)4;1-2;;1-2;/h7-8H,1-6H3;7-8H,5H2,1-4H3;4-5,15H,1-3H3;4-5,13H,6H2,1-3H3;7H,13H2,1-4H3;4-5,13H,2H2,1H3;2-4,10H,1H3;2H,9H2,1H3;1H,2-4H3;2H,1H3;1H3;2H,1H2;/q;;;;;;;;;;-1;;. The number of carbonyl (C=O) groups excluding carboxylic acids is 2. The Balaban J connectivity index is 0.000000526. The fourth-order valence-corrected chi connectivity index (χ4v) is 13.5. The minimum absolute atomic E-state index is 0. The van der Waals surface area contributed by atoms with E-state index >= 15 is 0 Å². The van der Waals surface area contributed by atoms with Crippen molar-refractivity contribution >= 4 is 215 Å². The summed E-state index contributed by atoms with van der Waals surface area (Å²) in [6.07, 6.45) is 15.3. The molecular formula is C97H118BrCl8N22O6ReSi2-. The van der Waals surface area contributed by atoms with Crippen LogP contribution in [0.3, 0.4) is 0 Å². The number of hydrogen-bond acceptors (Lipinski definition) is 22. The molecule has 0 fully saturated rings. The summed E-state index contributed by atoms with van der Waals surface area (Å²) >= 11 is 50.9. The van der Waals surface area contributed by atoms with Crippen molar-refractivity contribution in [2.24, 2.45) is 5.90 Å². The van der Waals surface area contributed by atoms with E-state index in [9.17, 15) is 14.9 Å². The van der Waals surface area contributed by atoms with E-state index in [-0.39, 0.29) is 34.3 Å². The van der Waals surface area contributed by atoms with Gasteiger partial charge in [0.05, 0.1) is 211 Å². The van der Waals surface area contributed by atoms with Crippen molar-refractivity contribution in [3.63, 3.8) is 0 Å². The number of nitrogens with two attached hydrogens (primary N) is 3. The fraction of sp³-hybridized carbons (Fsp3) is 0.351. The first kappa shape index (κ1) is 123. The van der Waals surface area contributed by atoms with Crippen LogP contribution < -0.4 is 17.4 Å². The smallest absolute Gasteiger partial charge is 0.419 e. The Morgan fingerprint density at radius 1 is 0.482 bits per heavy atom. The molecule has 12 N–H and O–H groups in total. The van der Waals surface area contributed by atoms with Gasteiger partial charge in [0, 0.05) is 99.1 Å². The number of nitriles is 4. The molecule has 28 nitrogen and oxygen atoms in total. The Hall–Kier alpha value is -10.2. The number of fused-ring (bicyclic) bond motifs is 6. The third-order valence-corrected chi connectivity index (χ3v) is 23.9. The summed E-state index contributed by atoms with van der Waals surface area (Å²) in [5.41, 5.74) is 36.7. The predicted molar refractivity (Wildman–Crippen MR) is 566 cm³/mol. The molecule has 1 radical (unpaired) electrons. The molecule has 0 aliphatic carbocycles. The number of aromatic nitrogens is 14. The molecule has 14 rings (SSSR count). The van der Waals surface area contributed by atoms with Gasteiger partial charge in [-0.15, -0.1) is 17.5 Å². The quantitative estimate of drug-likeness (QED) is 0.0245. The maximum absolute atomic E-state index is 12.5. The van der Waals surface area contributed by atoms with Crippen LogP contribution in [0.5, 0.6) is 0 Å². The number of carbonyl (C=O) groups is 2. The normalized spacial score (nSPS) is 10.8. The number of aliphatic hydroxyl groups is 1. The van der Waals surface area contributed by atoms with E-state index in [0.29, 0.717) is 113 Å². The molecule has 14 aromatic heterocycles.